The molecule has 0 spiro atoms. The van der Waals surface area contributed by atoms with Crippen LogP contribution < -0.4 is 10.9 Å². The summed E-state index contributed by atoms with van der Waals surface area (Å²) >= 11 is 0. The van der Waals surface area contributed by atoms with Crippen molar-refractivity contribution in [2.24, 2.45) is 0 Å². The lowest BCUT2D eigenvalue weighted by Gasteiger charge is -2.27. The second kappa shape index (κ2) is 5.52. The fourth-order valence-corrected chi connectivity index (χ4v) is 3.04. The largest absolute Gasteiger partial charge is 0.421 e. The number of hydrogen-bond acceptors (Lipinski definition) is 4. The van der Waals surface area contributed by atoms with Crippen LogP contribution in [0.4, 0.5) is 0 Å². The van der Waals surface area contributed by atoms with Crippen LogP contribution in [0.3, 0.4) is 0 Å². The SMILES string of the molecule is O=C(c1cc2ccc3ccccc3c2oc1=O)N1CCNCC1. The van der Waals surface area contributed by atoms with Gasteiger partial charge in [-0.3, -0.25) is 4.79 Å². The summed E-state index contributed by atoms with van der Waals surface area (Å²) in [4.78, 5) is 26.6. The monoisotopic (exact) mass is 308 g/mol. The van der Waals surface area contributed by atoms with Crippen LogP contribution in [0.15, 0.2) is 51.7 Å². The number of piperazine rings is 1. The minimum atomic E-state index is -0.572. The van der Waals surface area contributed by atoms with Crippen LogP contribution in [0, 0.1) is 0 Å². The molecule has 1 aromatic heterocycles. The fraction of sp³-hybridized carbons (Fsp3) is 0.222. The minimum Gasteiger partial charge on any atom is -0.421 e. The van der Waals surface area contributed by atoms with Crippen LogP contribution in [-0.2, 0) is 0 Å². The summed E-state index contributed by atoms with van der Waals surface area (Å²) in [5.41, 5.74) is 0.0667. The Labute approximate surface area is 132 Å². The van der Waals surface area contributed by atoms with E-state index < -0.39 is 5.63 Å². The molecule has 23 heavy (non-hydrogen) atoms. The van der Waals surface area contributed by atoms with E-state index in [4.69, 9.17) is 4.42 Å². The van der Waals surface area contributed by atoms with E-state index in [2.05, 4.69) is 5.32 Å². The first-order valence-electron chi connectivity index (χ1n) is 7.70. The van der Waals surface area contributed by atoms with Gasteiger partial charge in [0.05, 0.1) is 0 Å². The molecule has 0 unspecified atom stereocenters. The molecule has 1 N–H and O–H groups in total. The summed E-state index contributed by atoms with van der Waals surface area (Å²) in [7, 11) is 0. The van der Waals surface area contributed by atoms with Gasteiger partial charge in [0.1, 0.15) is 11.1 Å². The lowest BCUT2D eigenvalue weighted by molar-refractivity contribution is 0.0731. The highest BCUT2D eigenvalue weighted by Crippen LogP contribution is 2.24. The van der Waals surface area contributed by atoms with Crippen molar-refractivity contribution in [1.29, 1.82) is 0 Å². The van der Waals surface area contributed by atoms with Gasteiger partial charge in [0, 0.05) is 37.0 Å². The van der Waals surface area contributed by atoms with Crippen LogP contribution in [0.1, 0.15) is 10.4 Å². The third kappa shape index (κ3) is 2.39. The van der Waals surface area contributed by atoms with Crippen LogP contribution in [-0.4, -0.2) is 37.0 Å². The van der Waals surface area contributed by atoms with Crippen molar-refractivity contribution >= 4 is 27.6 Å². The molecule has 0 bridgehead atoms. The quantitative estimate of drug-likeness (QED) is 0.552. The maximum absolute atomic E-state index is 12.6. The third-order valence-electron chi connectivity index (χ3n) is 4.26. The van der Waals surface area contributed by atoms with Gasteiger partial charge in [-0.25, -0.2) is 4.79 Å². The zero-order valence-electron chi connectivity index (χ0n) is 12.5. The Balaban J connectivity index is 1.85. The van der Waals surface area contributed by atoms with Crippen molar-refractivity contribution in [3.05, 3.63) is 58.4 Å². The number of hydrogen-bond donors (Lipinski definition) is 1. The van der Waals surface area contributed by atoms with E-state index in [1.807, 2.05) is 36.4 Å². The lowest BCUT2D eigenvalue weighted by Crippen LogP contribution is -2.47. The first-order valence-corrected chi connectivity index (χ1v) is 7.70. The molecule has 1 fully saturated rings. The molecule has 5 nitrogen and oxygen atoms in total. The van der Waals surface area contributed by atoms with Gasteiger partial charge in [-0.2, -0.15) is 0 Å². The topological polar surface area (TPSA) is 62.6 Å². The van der Waals surface area contributed by atoms with E-state index in [1.165, 1.54) is 0 Å². The van der Waals surface area contributed by atoms with Gasteiger partial charge >= 0.3 is 5.63 Å². The highest BCUT2D eigenvalue weighted by Gasteiger charge is 2.22. The molecule has 116 valence electrons. The molecule has 0 aliphatic carbocycles. The highest BCUT2D eigenvalue weighted by atomic mass is 16.4. The Morgan fingerprint density at radius 1 is 1.04 bits per heavy atom. The maximum Gasteiger partial charge on any atom is 0.349 e. The van der Waals surface area contributed by atoms with Gasteiger partial charge in [-0.1, -0.05) is 36.4 Å². The molecule has 0 saturated carbocycles. The Morgan fingerprint density at radius 2 is 1.78 bits per heavy atom. The lowest BCUT2D eigenvalue weighted by atomic mass is 10.1. The second-order valence-corrected chi connectivity index (χ2v) is 5.69. The molecule has 3 aromatic rings. The Morgan fingerprint density at radius 3 is 2.61 bits per heavy atom. The molecular formula is C18H16N2O3. The van der Waals surface area contributed by atoms with Gasteiger partial charge in [0.25, 0.3) is 5.91 Å². The number of carbonyl (C=O) groups excluding carboxylic acids is 1. The van der Waals surface area contributed by atoms with E-state index >= 15 is 0 Å². The normalized spacial score (nSPS) is 15.2. The summed E-state index contributed by atoms with van der Waals surface area (Å²) in [5, 5.41) is 5.84. The summed E-state index contributed by atoms with van der Waals surface area (Å²) in [5.74, 6) is -0.254. The molecule has 1 aliphatic rings. The zero-order chi connectivity index (χ0) is 15.8. The van der Waals surface area contributed by atoms with E-state index in [0.717, 1.165) is 29.2 Å². The Bertz CT molecular complexity index is 955. The second-order valence-electron chi connectivity index (χ2n) is 5.69. The molecule has 0 atom stereocenters. The molecule has 2 aromatic carbocycles. The van der Waals surface area contributed by atoms with Crippen LogP contribution >= 0.6 is 0 Å². The first kappa shape index (κ1) is 14.0. The molecule has 1 aliphatic heterocycles. The molecule has 5 heteroatoms. The average Bonchev–Trinajstić information content (AvgIpc) is 2.61. The van der Waals surface area contributed by atoms with Crippen molar-refractivity contribution in [3.63, 3.8) is 0 Å². The number of rotatable bonds is 1. The number of nitrogens with one attached hydrogen (secondary N) is 1. The van der Waals surface area contributed by atoms with Crippen molar-refractivity contribution in [3.8, 4) is 0 Å². The summed E-state index contributed by atoms with van der Waals surface area (Å²) in [6.45, 7) is 2.70. The molecule has 2 heterocycles. The number of amides is 1. The Hall–Kier alpha value is -2.66. The molecular weight excluding hydrogens is 292 g/mol. The van der Waals surface area contributed by atoms with Crippen molar-refractivity contribution in [2.75, 3.05) is 26.2 Å². The molecule has 4 rings (SSSR count). The first-order chi connectivity index (χ1) is 11.2. The average molecular weight is 308 g/mol. The van der Waals surface area contributed by atoms with Crippen molar-refractivity contribution in [1.82, 2.24) is 10.2 Å². The number of fused-ring (bicyclic) bond motifs is 3. The van der Waals surface area contributed by atoms with Gasteiger partial charge in [-0.15, -0.1) is 0 Å². The van der Waals surface area contributed by atoms with Gasteiger partial charge < -0.3 is 14.6 Å². The van der Waals surface area contributed by atoms with Crippen LogP contribution in [0.5, 0.6) is 0 Å². The predicted molar refractivity (Wildman–Crippen MR) is 88.8 cm³/mol. The zero-order valence-corrected chi connectivity index (χ0v) is 12.5. The van der Waals surface area contributed by atoms with Gasteiger partial charge in [0.15, 0.2) is 0 Å². The van der Waals surface area contributed by atoms with E-state index in [1.54, 1.807) is 11.0 Å². The van der Waals surface area contributed by atoms with E-state index in [0.29, 0.717) is 18.7 Å². The predicted octanol–water partition coefficient (Wildman–Crippen LogP) is 1.99. The van der Waals surface area contributed by atoms with Crippen molar-refractivity contribution in [2.45, 2.75) is 0 Å². The third-order valence-corrected chi connectivity index (χ3v) is 4.26. The number of carbonyl (C=O) groups is 1. The van der Waals surface area contributed by atoms with Crippen LogP contribution in [0.25, 0.3) is 21.7 Å². The number of nitrogens with zero attached hydrogens (tertiary/aromatic N) is 1. The minimum absolute atomic E-state index is 0.106. The van der Waals surface area contributed by atoms with Gasteiger partial charge in [0.2, 0.25) is 0 Å². The summed E-state index contributed by atoms with van der Waals surface area (Å²) < 4.78 is 5.50. The van der Waals surface area contributed by atoms with E-state index in [9.17, 15) is 9.59 Å². The summed E-state index contributed by atoms with van der Waals surface area (Å²) in [6, 6.07) is 13.2. The highest BCUT2D eigenvalue weighted by molar-refractivity contribution is 6.06. The molecule has 1 amide bonds. The van der Waals surface area contributed by atoms with Crippen LogP contribution in [0.2, 0.25) is 0 Å². The summed E-state index contributed by atoms with van der Waals surface area (Å²) in [6.07, 6.45) is 0. The standard InChI is InChI=1S/C18H16N2O3/c21-17(20-9-7-19-8-10-20)15-11-13-6-5-12-3-1-2-4-14(12)16(13)23-18(15)22/h1-6,11,19H,7-10H2. The molecule has 1 saturated heterocycles. The maximum atomic E-state index is 12.6. The molecule has 0 radical (unpaired) electrons. The van der Waals surface area contributed by atoms with E-state index in [-0.39, 0.29) is 11.5 Å². The van der Waals surface area contributed by atoms with Gasteiger partial charge in [-0.05, 0) is 11.5 Å². The number of benzene rings is 2. The smallest absolute Gasteiger partial charge is 0.349 e. The van der Waals surface area contributed by atoms with Crippen molar-refractivity contribution < 1.29 is 9.21 Å². The fourth-order valence-electron chi connectivity index (χ4n) is 3.04. The Kier molecular flexibility index (Phi) is 3.35.